The highest BCUT2D eigenvalue weighted by Gasteiger charge is 2.42. The molecule has 3 atom stereocenters. The molecule has 258 valence electrons. The van der Waals surface area contributed by atoms with E-state index in [1.807, 2.05) is 32.9 Å². The third-order valence-corrected chi connectivity index (χ3v) is 11.3. The molecule has 0 spiro atoms. The van der Waals surface area contributed by atoms with Gasteiger partial charge in [-0.15, -0.1) is 0 Å². The third-order valence-electron chi connectivity index (χ3n) is 9.32. The molecule has 46 heavy (non-hydrogen) atoms. The Morgan fingerprint density at radius 1 is 1.02 bits per heavy atom. The number of hydrogen-bond acceptors (Lipinski definition) is 6. The minimum absolute atomic E-state index is 0.0667. The highest BCUT2D eigenvalue weighted by Crippen LogP contribution is 2.29. The van der Waals surface area contributed by atoms with Gasteiger partial charge in [0.1, 0.15) is 11.6 Å². The molecular formula is C33H53N5O7S. The predicted octanol–water partition coefficient (Wildman–Crippen LogP) is 3.65. The number of hydrogen-bond donors (Lipinski definition) is 4. The lowest BCUT2D eigenvalue weighted by Crippen LogP contribution is -2.59. The molecule has 2 heterocycles. The van der Waals surface area contributed by atoms with Gasteiger partial charge in [0, 0.05) is 25.7 Å². The number of carboxylic acid groups (broad SMARTS) is 1. The fraction of sp³-hybridized carbons (Fsp3) is 0.697. The molecule has 0 aromatic heterocycles. The Balaban J connectivity index is 1.59. The van der Waals surface area contributed by atoms with Crippen molar-refractivity contribution >= 4 is 33.8 Å². The van der Waals surface area contributed by atoms with Gasteiger partial charge >= 0.3 is 12.0 Å². The minimum atomic E-state index is -3.73. The van der Waals surface area contributed by atoms with Crippen molar-refractivity contribution in [2.75, 3.05) is 26.2 Å². The van der Waals surface area contributed by atoms with Crippen LogP contribution in [0.2, 0.25) is 0 Å². The Kier molecular flexibility index (Phi) is 13.0. The van der Waals surface area contributed by atoms with E-state index in [1.54, 1.807) is 19.1 Å². The van der Waals surface area contributed by atoms with Gasteiger partial charge in [-0.2, -0.15) is 4.31 Å². The second-order valence-electron chi connectivity index (χ2n) is 13.6. The van der Waals surface area contributed by atoms with Gasteiger partial charge in [0.25, 0.3) is 0 Å². The van der Waals surface area contributed by atoms with Crippen LogP contribution in [0.25, 0.3) is 0 Å². The second kappa shape index (κ2) is 16.1. The van der Waals surface area contributed by atoms with Gasteiger partial charge in [-0.05, 0) is 49.1 Å². The first-order valence-electron chi connectivity index (χ1n) is 16.6. The summed E-state index contributed by atoms with van der Waals surface area (Å²) in [6.45, 7) is 9.88. The number of fused-ring (bicyclic) bond motifs is 1. The zero-order valence-corrected chi connectivity index (χ0v) is 28.9. The normalized spacial score (nSPS) is 19.8. The maximum Gasteiger partial charge on any atom is 0.329 e. The predicted molar refractivity (Wildman–Crippen MR) is 176 cm³/mol. The molecule has 1 fully saturated rings. The SMILES string of the molecule is CCCCCCC[C@@](CC)(NC(=O)[C@@H]1CCCN1C(=O)CNC(=O)NC(CN1CCc2ccccc2S1(=O)=O)C(C)(C)C)C(=O)O. The number of likely N-dealkylation sites (tertiary alicyclic amines) is 1. The first kappa shape index (κ1) is 37.3. The molecule has 13 heteroatoms. The van der Waals surface area contributed by atoms with Crippen LogP contribution in [0.3, 0.4) is 0 Å². The molecule has 0 saturated carbocycles. The summed E-state index contributed by atoms with van der Waals surface area (Å²) < 4.78 is 28.0. The number of carbonyl (C=O) groups is 4. The van der Waals surface area contributed by atoms with E-state index >= 15 is 0 Å². The standard InChI is InChI=1S/C33H53N5O7S/c1-6-8-9-10-13-19-33(7-2,30(41)42)36-29(40)25-16-14-20-38(25)28(39)22-34-31(43)35-27(32(3,4)5)23-37-21-18-24-15-11-12-17-26(24)46(37,44)45/h11-12,15,17,25,27H,6-10,13-14,16,18-23H2,1-5H3,(H,36,40)(H,41,42)(H2,34,35,43)/t25-,27?,33+/m0/s1. The highest BCUT2D eigenvalue weighted by atomic mass is 32.2. The van der Waals surface area contributed by atoms with Gasteiger partial charge < -0.3 is 26.0 Å². The number of rotatable bonds is 15. The third kappa shape index (κ3) is 9.21. The summed E-state index contributed by atoms with van der Waals surface area (Å²) in [6, 6.07) is 4.91. The summed E-state index contributed by atoms with van der Waals surface area (Å²) in [5.74, 6) is -2.03. The van der Waals surface area contributed by atoms with Crippen molar-refractivity contribution < 1.29 is 32.7 Å². The maximum absolute atomic E-state index is 13.4. The first-order valence-corrected chi connectivity index (χ1v) is 18.1. The van der Waals surface area contributed by atoms with Crippen molar-refractivity contribution in [2.24, 2.45) is 5.41 Å². The summed E-state index contributed by atoms with van der Waals surface area (Å²) >= 11 is 0. The molecule has 1 unspecified atom stereocenters. The summed E-state index contributed by atoms with van der Waals surface area (Å²) in [7, 11) is -3.73. The Morgan fingerprint density at radius 3 is 2.37 bits per heavy atom. The monoisotopic (exact) mass is 663 g/mol. The van der Waals surface area contributed by atoms with Crippen molar-refractivity contribution in [2.45, 2.75) is 121 Å². The van der Waals surface area contributed by atoms with Gasteiger partial charge in [-0.3, -0.25) is 9.59 Å². The lowest BCUT2D eigenvalue weighted by Gasteiger charge is -2.37. The van der Waals surface area contributed by atoms with E-state index in [0.29, 0.717) is 45.2 Å². The van der Waals surface area contributed by atoms with Gasteiger partial charge in [-0.25, -0.2) is 18.0 Å². The van der Waals surface area contributed by atoms with Gasteiger partial charge in [-0.1, -0.05) is 84.9 Å². The quantitative estimate of drug-likeness (QED) is 0.208. The fourth-order valence-corrected chi connectivity index (χ4v) is 7.90. The molecule has 0 aliphatic carbocycles. The van der Waals surface area contributed by atoms with Crippen LogP contribution in [0.4, 0.5) is 4.79 Å². The molecule has 4 amide bonds. The number of urea groups is 1. The van der Waals surface area contributed by atoms with E-state index in [4.69, 9.17) is 0 Å². The maximum atomic E-state index is 13.4. The molecule has 0 radical (unpaired) electrons. The first-order chi connectivity index (χ1) is 21.7. The number of benzene rings is 1. The lowest BCUT2D eigenvalue weighted by atomic mass is 9.86. The Morgan fingerprint density at radius 2 is 1.72 bits per heavy atom. The fourth-order valence-electron chi connectivity index (χ4n) is 6.19. The molecule has 4 N–H and O–H groups in total. The van der Waals surface area contributed by atoms with Crippen LogP contribution in [0, 0.1) is 5.41 Å². The Bertz CT molecular complexity index is 1350. The average Bonchev–Trinajstić information content (AvgIpc) is 3.50. The Labute approximate surface area is 274 Å². The van der Waals surface area contributed by atoms with Gasteiger partial charge in [0.2, 0.25) is 21.8 Å². The van der Waals surface area contributed by atoms with Crippen LogP contribution in [-0.2, 0) is 30.8 Å². The number of nitrogens with zero attached hydrogens (tertiary/aromatic N) is 2. The summed E-state index contributed by atoms with van der Waals surface area (Å²) in [5, 5.41) is 18.3. The van der Waals surface area contributed by atoms with E-state index in [1.165, 1.54) is 9.21 Å². The highest BCUT2D eigenvalue weighted by molar-refractivity contribution is 7.89. The number of unbranched alkanes of at least 4 members (excludes halogenated alkanes) is 4. The molecule has 1 aromatic carbocycles. The van der Waals surface area contributed by atoms with Crippen LogP contribution >= 0.6 is 0 Å². The molecule has 2 aliphatic rings. The molecule has 1 aromatic rings. The molecule has 2 aliphatic heterocycles. The molecule has 1 saturated heterocycles. The lowest BCUT2D eigenvalue weighted by molar-refractivity contribution is -0.149. The number of sulfonamides is 1. The number of aliphatic carboxylic acids is 1. The van der Waals surface area contributed by atoms with Gasteiger partial charge in [0.15, 0.2) is 0 Å². The summed E-state index contributed by atoms with van der Waals surface area (Å²) in [6.07, 6.45) is 6.83. The van der Waals surface area contributed by atoms with E-state index in [2.05, 4.69) is 22.9 Å². The van der Waals surface area contributed by atoms with Crippen LogP contribution in [0.5, 0.6) is 0 Å². The van der Waals surface area contributed by atoms with Crippen molar-refractivity contribution in [3.63, 3.8) is 0 Å². The van der Waals surface area contributed by atoms with Crippen LogP contribution in [0.15, 0.2) is 29.2 Å². The average molecular weight is 664 g/mol. The number of carboxylic acids is 1. The van der Waals surface area contributed by atoms with Gasteiger partial charge in [0.05, 0.1) is 11.4 Å². The smallest absolute Gasteiger partial charge is 0.329 e. The van der Waals surface area contributed by atoms with Crippen molar-refractivity contribution in [3.05, 3.63) is 29.8 Å². The second-order valence-corrected chi connectivity index (χ2v) is 15.5. The van der Waals surface area contributed by atoms with Crippen molar-refractivity contribution in [3.8, 4) is 0 Å². The van der Waals surface area contributed by atoms with Crippen LogP contribution < -0.4 is 16.0 Å². The molecule has 12 nitrogen and oxygen atoms in total. The van der Waals surface area contributed by atoms with E-state index in [-0.39, 0.29) is 24.4 Å². The van der Waals surface area contributed by atoms with E-state index < -0.39 is 56.9 Å². The topological polar surface area (TPSA) is 165 Å². The zero-order chi connectivity index (χ0) is 34.1. The molecular weight excluding hydrogens is 610 g/mol. The number of carbonyl (C=O) groups excluding carboxylic acids is 3. The van der Waals surface area contributed by atoms with E-state index in [9.17, 15) is 32.7 Å². The van der Waals surface area contributed by atoms with Crippen LogP contribution in [0.1, 0.15) is 98.0 Å². The summed E-state index contributed by atoms with van der Waals surface area (Å²) in [4.78, 5) is 53.6. The summed E-state index contributed by atoms with van der Waals surface area (Å²) in [5.41, 5.74) is -1.13. The Hall–Kier alpha value is -3.19. The van der Waals surface area contributed by atoms with Crippen molar-refractivity contribution in [1.82, 2.24) is 25.2 Å². The minimum Gasteiger partial charge on any atom is -0.480 e. The van der Waals surface area contributed by atoms with Crippen molar-refractivity contribution in [1.29, 1.82) is 0 Å². The number of nitrogens with one attached hydrogen (secondary N) is 3. The molecule has 0 bridgehead atoms. The number of amides is 4. The zero-order valence-electron chi connectivity index (χ0n) is 28.1. The van der Waals surface area contributed by atoms with Crippen LogP contribution in [-0.4, -0.2) is 90.3 Å². The largest absolute Gasteiger partial charge is 0.480 e. The van der Waals surface area contributed by atoms with E-state index in [0.717, 1.165) is 31.2 Å². The molecule has 3 rings (SSSR count).